The number of aryl methyl sites for hydroxylation is 1. The van der Waals surface area contributed by atoms with Gasteiger partial charge in [-0.3, -0.25) is 9.69 Å². The zero-order valence-electron chi connectivity index (χ0n) is 14.0. The van der Waals surface area contributed by atoms with Crippen molar-refractivity contribution in [3.05, 3.63) is 82.2 Å². The van der Waals surface area contributed by atoms with Crippen molar-refractivity contribution in [1.82, 2.24) is 4.98 Å². The molecule has 0 spiro atoms. The summed E-state index contributed by atoms with van der Waals surface area (Å²) in [6.45, 7) is 2.04. The molecule has 1 aliphatic heterocycles. The molecule has 3 aromatic rings. The minimum Gasteiger partial charge on any atom is -0.268 e. The number of hydrogen-bond donors (Lipinski definition) is 0. The summed E-state index contributed by atoms with van der Waals surface area (Å²) >= 11 is 2.82. The number of aromatic nitrogens is 1. The van der Waals surface area contributed by atoms with E-state index in [-0.39, 0.29) is 5.91 Å². The number of para-hydroxylation sites is 1. The van der Waals surface area contributed by atoms with Crippen molar-refractivity contribution in [2.75, 3.05) is 4.90 Å². The maximum atomic E-state index is 13.1. The zero-order valence-corrected chi connectivity index (χ0v) is 15.6. The monoisotopic (exact) mass is 377 g/mol. The van der Waals surface area contributed by atoms with Crippen molar-refractivity contribution in [2.45, 2.75) is 6.92 Å². The molecule has 4 rings (SSSR count). The van der Waals surface area contributed by atoms with Crippen LogP contribution in [0.15, 0.2) is 76.1 Å². The summed E-state index contributed by atoms with van der Waals surface area (Å²) in [5.41, 5.74) is 2.96. The van der Waals surface area contributed by atoms with Crippen LogP contribution in [-0.4, -0.2) is 16.1 Å². The van der Waals surface area contributed by atoms with E-state index >= 15 is 0 Å². The molecule has 2 heterocycles. The van der Waals surface area contributed by atoms with Crippen LogP contribution in [0.5, 0.6) is 0 Å². The Kier molecular flexibility index (Phi) is 4.69. The summed E-state index contributed by atoms with van der Waals surface area (Å²) in [5, 5.41) is 3.13. The van der Waals surface area contributed by atoms with E-state index in [2.05, 4.69) is 16.0 Å². The van der Waals surface area contributed by atoms with E-state index in [4.69, 9.17) is 0 Å². The highest BCUT2D eigenvalue weighted by Crippen LogP contribution is 2.37. The van der Waals surface area contributed by atoms with E-state index < -0.39 is 0 Å². The standard InChI is InChI=1S/C20H15N3OS2/c1-14-6-5-7-15(12-14)13-17-18(24)23(16-8-3-2-4-9-16)20(26-17)22-19-21-10-11-25-19/h2-13H,1H3/b17-13-,22-20+. The first-order chi connectivity index (χ1) is 12.7. The lowest BCUT2D eigenvalue weighted by molar-refractivity contribution is -0.113. The third-order valence-corrected chi connectivity index (χ3v) is 5.41. The second kappa shape index (κ2) is 7.27. The summed E-state index contributed by atoms with van der Waals surface area (Å²) in [7, 11) is 0. The van der Waals surface area contributed by atoms with Crippen LogP contribution < -0.4 is 4.90 Å². The fraction of sp³-hybridized carbons (Fsp3) is 0.0500. The van der Waals surface area contributed by atoms with Gasteiger partial charge in [0.15, 0.2) is 5.17 Å². The molecule has 1 amide bonds. The maximum absolute atomic E-state index is 13.1. The van der Waals surface area contributed by atoms with Gasteiger partial charge in [-0.25, -0.2) is 4.98 Å². The third-order valence-electron chi connectivity index (χ3n) is 3.77. The van der Waals surface area contributed by atoms with E-state index in [1.165, 1.54) is 23.1 Å². The van der Waals surface area contributed by atoms with Crippen LogP contribution in [0.25, 0.3) is 6.08 Å². The van der Waals surface area contributed by atoms with Gasteiger partial charge in [0.1, 0.15) is 0 Å². The number of amidine groups is 1. The van der Waals surface area contributed by atoms with Gasteiger partial charge in [0.2, 0.25) is 5.13 Å². The molecule has 1 saturated heterocycles. The third kappa shape index (κ3) is 3.47. The largest absolute Gasteiger partial charge is 0.271 e. The summed E-state index contributed by atoms with van der Waals surface area (Å²) in [6, 6.07) is 17.7. The lowest BCUT2D eigenvalue weighted by Crippen LogP contribution is -2.28. The highest BCUT2D eigenvalue weighted by atomic mass is 32.2. The summed E-state index contributed by atoms with van der Waals surface area (Å²) in [4.78, 5) is 24.2. The Hall–Kier alpha value is -2.70. The molecule has 2 aromatic carbocycles. The fourth-order valence-electron chi connectivity index (χ4n) is 2.62. The van der Waals surface area contributed by atoms with E-state index in [9.17, 15) is 4.79 Å². The molecule has 1 aliphatic rings. The molecule has 0 unspecified atom stereocenters. The quantitative estimate of drug-likeness (QED) is 0.585. The van der Waals surface area contributed by atoms with Crippen LogP contribution in [0.2, 0.25) is 0 Å². The Balaban J connectivity index is 1.76. The van der Waals surface area contributed by atoms with Gasteiger partial charge in [-0.1, -0.05) is 48.0 Å². The molecule has 4 nitrogen and oxygen atoms in total. The fourth-order valence-corrected chi connectivity index (χ4v) is 4.16. The van der Waals surface area contributed by atoms with Gasteiger partial charge in [0.05, 0.1) is 10.6 Å². The van der Waals surface area contributed by atoms with Crippen LogP contribution in [0.3, 0.4) is 0 Å². The maximum Gasteiger partial charge on any atom is 0.271 e. The molecule has 0 bridgehead atoms. The number of benzene rings is 2. The molecule has 0 atom stereocenters. The molecule has 0 N–H and O–H groups in total. The molecule has 128 valence electrons. The number of amides is 1. The Morgan fingerprint density at radius 2 is 1.96 bits per heavy atom. The van der Waals surface area contributed by atoms with E-state index in [0.29, 0.717) is 15.2 Å². The second-order valence-corrected chi connectivity index (χ2v) is 7.59. The van der Waals surface area contributed by atoms with Gasteiger partial charge in [-0.05, 0) is 42.5 Å². The molecule has 6 heteroatoms. The number of thioether (sulfide) groups is 1. The average Bonchev–Trinajstić information content (AvgIpc) is 3.25. The molecular weight excluding hydrogens is 362 g/mol. The van der Waals surface area contributed by atoms with Gasteiger partial charge in [0.25, 0.3) is 5.91 Å². The number of hydrogen-bond acceptors (Lipinski definition) is 5. The van der Waals surface area contributed by atoms with Gasteiger partial charge in [0, 0.05) is 11.6 Å². The molecule has 0 radical (unpaired) electrons. The summed E-state index contributed by atoms with van der Waals surface area (Å²) in [6.07, 6.45) is 3.63. The van der Waals surface area contributed by atoms with Gasteiger partial charge < -0.3 is 0 Å². The lowest BCUT2D eigenvalue weighted by Gasteiger charge is -2.14. The predicted octanol–water partition coefficient (Wildman–Crippen LogP) is 5.26. The van der Waals surface area contributed by atoms with E-state index in [1.54, 1.807) is 11.1 Å². The average molecular weight is 377 g/mol. The predicted molar refractivity (Wildman–Crippen MR) is 110 cm³/mol. The second-order valence-electron chi connectivity index (χ2n) is 5.71. The highest BCUT2D eigenvalue weighted by Gasteiger charge is 2.34. The number of nitrogens with zero attached hydrogens (tertiary/aromatic N) is 3. The Morgan fingerprint density at radius 3 is 2.69 bits per heavy atom. The highest BCUT2D eigenvalue weighted by molar-refractivity contribution is 8.19. The smallest absolute Gasteiger partial charge is 0.268 e. The van der Waals surface area contributed by atoms with Crippen LogP contribution in [-0.2, 0) is 4.79 Å². The van der Waals surface area contributed by atoms with Crippen molar-refractivity contribution in [1.29, 1.82) is 0 Å². The van der Waals surface area contributed by atoms with Crippen molar-refractivity contribution < 1.29 is 4.79 Å². The van der Waals surface area contributed by atoms with Crippen LogP contribution in [0.1, 0.15) is 11.1 Å². The van der Waals surface area contributed by atoms with Gasteiger partial charge in [-0.15, -0.1) is 11.3 Å². The minimum absolute atomic E-state index is 0.0713. The SMILES string of the molecule is Cc1cccc(/C=C2\S/C(=N/c3nccs3)N(c3ccccc3)C2=O)c1. The lowest BCUT2D eigenvalue weighted by atomic mass is 10.1. The normalized spacial score (nSPS) is 17.4. The van der Waals surface area contributed by atoms with Crippen LogP contribution in [0.4, 0.5) is 10.8 Å². The van der Waals surface area contributed by atoms with Crippen molar-refractivity contribution >= 4 is 51.1 Å². The molecule has 26 heavy (non-hydrogen) atoms. The first-order valence-corrected chi connectivity index (χ1v) is 9.74. The Morgan fingerprint density at radius 1 is 1.12 bits per heavy atom. The topological polar surface area (TPSA) is 45.6 Å². The summed E-state index contributed by atoms with van der Waals surface area (Å²) < 4.78 is 0. The number of aliphatic imine (C=N–C) groups is 1. The number of anilines is 1. The van der Waals surface area contributed by atoms with Crippen molar-refractivity contribution in [3.63, 3.8) is 0 Å². The number of thiazole rings is 1. The Labute approximate surface area is 159 Å². The summed E-state index contributed by atoms with van der Waals surface area (Å²) in [5.74, 6) is -0.0713. The van der Waals surface area contributed by atoms with Gasteiger partial charge in [-0.2, -0.15) is 4.99 Å². The molecule has 0 saturated carbocycles. The Bertz CT molecular complexity index is 995. The van der Waals surface area contributed by atoms with Crippen molar-refractivity contribution in [2.24, 2.45) is 4.99 Å². The molecule has 0 aliphatic carbocycles. The van der Waals surface area contributed by atoms with Crippen molar-refractivity contribution in [3.8, 4) is 0 Å². The first kappa shape index (κ1) is 16.8. The number of rotatable bonds is 3. The zero-order chi connectivity index (χ0) is 17.9. The molecular formula is C20H15N3OS2. The number of carbonyl (C=O) groups is 1. The van der Waals surface area contributed by atoms with Gasteiger partial charge >= 0.3 is 0 Å². The van der Waals surface area contributed by atoms with Crippen LogP contribution in [0, 0.1) is 6.92 Å². The number of carbonyl (C=O) groups excluding carboxylic acids is 1. The van der Waals surface area contributed by atoms with E-state index in [1.807, 2.05) is 66.9 Å². The molecule has 1 aromatic heterocycles. The van der Waals surface area contributed by atoms with Crippen LogP contribution >= 0.6 is 23.1 Å². The minimum atomic E-state index is -0.0713. The molecule has 1 fully saturated rings. The van der Waals surface area contributed by atoms with E-state index in [0.717, 1.165) is 16.8 Å². The first-order valence-electron chi connectivity index (χ1n) is 8.04.